The van der Waals surface area contributed by atoms with Crippen molar-refractivity contribution in [1.29, 1.82) is 0 Å². The Bertz CT molecular complexity index is 574. The van der Waals surface area contributed by atoms with Crippen LogP contribution in [0.3, 0.4) is 0 Å². The molecule has 1 saturated carbocycles. The zero-order chi connectivity index (χ0) is 16.5. The molecule has 0 spiro atoms. The molecule has 0 bridgehead atoms. The van der Waals surface area contributed by atoms with Gasteiger partial charge in [-0.25, -0.2) is 7.11 Å². The van der Waals surface area contributed by atoms with Gasteiger partial charge in [-0.2, -0.15) is 0 Å². The molecule has 1 aliphatic carbocycles. The van der Waals surface area contributed by atoms with Gasteiger partial charge in [-0.15, -0.1) is 5.92 Å². The van der Waals surface area contributed by atoms with E-state index in [4.69, 9.17) is 5.11 Å². The first-order chi connectivity index (χ1) is 11.3. The van der Waals surface area contributed by atoms with Gasteiger partial charge in [-0.3, -0.25) is 4.79 Å². The van der Waals surface area contributed by atoms with Crippen LogP contribution in [0.5, 0.6) is 0 Å². The van der Waals surface area contributed by atoms with Crippen LogP contribution in [0.25, 0.3) is 0 Å². The summed E-state index contributed by atoms with van der Waals surface area (Å²) >= 11 is 0. The summed E-state index contributed by atoms with van der Waals surface area (Å²) in [5, 5.41) is 9.16. The summed E-state index contributed by atoms with van der Waals surface area (Å²) in [5.74, 6) is 6.89. The summed E-state index contributed by atoms with van der Waals surface area (Å²) in [6.07, 6.45) is 4.83. The number of benzene rings is 1. The van der Waals surface area contributed by atoms with Crippen molar-refractivity contribution in [2.24, 2.45) is 11.8 Å². The summed E-state index contributed by atoms with van der Waals surface area (Å²) in [6.45, 7) is 0.506. The zero-order valence-corrected chi connectivity index (χ0v) is 17.0. The average molecular weight is 402 g/mol. The monoisotopic (exact) mass is 402 g/mol. The molecule has 3 nitrogen and oxygen atoms in total. The van der Waals surface area contributed by atoms with E-state index < -0.39 is 0 Å². The van der Waals surface area contributed by atoms with Crippen molar-refractivity contribution in [1.82, 2.24) is 0 Å². The van der Waals surface area contributed by atoms with Crippen molar-refractivity contribution in [2.75, 3.05) is 13.2 Å². The molecule has 0 aromatic heterocycles. The topological polar surface area (TPSA) is 46.5 Å². The molecule has 1 radical (unpaired) electrons. The fourth-order valence-electron chi connectivity index (χ4n) is 3.40. The Hall–Kier alpha value is -0.526. The zero-order valence-electron chi connectivity index (χ0n) is 14.2. The number of ether oxygens (including phenoxy) is 1. The van der Waals surface area contributed by atoms with Crippen molar-refractivity contribution in [3.8, 4) is 11.8 Å². The minimum Gasteiger partial charge on any atom is -0.546 e. The predicted molar refractivity (Wildman–Crippen MR) is 90.5 cm³/mol. The standard InChI is InChI=1S/C20H25O3.Y/c1-23-15-5-4-8-18-10-12-20(22)19(18)11-9-16-6-2-3-7-17(16)13-14-21;/h2-3,6-7,18-19,21H,1,8-15H2;/q-1;/t18-,19+;/m0./s1. The number of hydrogen-bond donors (Lipinski definition) is 1. The molecule has 2 atom stereocenters. The minimum atomic E-state index is 0. The number of rotatable bonds is 7. The van der Waals surface area contributed by atoms with Gasteiger partial charge in [0.1, 0.15) is 5.78 Å². The van der Waals surface area contributed by atoms with Crippen LogP contribution in [0, 0.1) is 30.8 Å². The van der Waals surface area contributed by atoms with E-state index in [-0.39, 0.29) is 45.2 Å². The molecule has 0 saturated heterocycles. The number of hydrogen-bond acceptors (Lipinski definition) is 3. The Morgan fingerprint density at radius 2 is 1.92 bits per heavy atom. The third-order valence-corrected chi connectivity index (χ3v) is 4.63. The van der Waals surface area contributed by atoms with Crippen LogP contribution in [0.15, 0.2) is 24.3 Å². The van der Waals surface area contributed by atoms with Gasteiger partial charge >= 0.3 is 0 Å². The van der Waals surface area contributed by atoms with Gasteiger partial charge in [0.2, 0.25) is 0 Å². The molecule has 0 aliphatic heterocycles. The number of ketones is 1. The minimum absolute atomic E-state index is 0. The Morgan fingerprint density at radius 1 is 1.21 bits per heavy atom. The normalized spacial score (nSPS) is 19.5. The third-order valence-electron chi connectivity index (χ3n) is 4.63. The maximum Gasteiger partial charge on any atom is 0.136 e. The first kappa shape index (κ1) is 21.5. The Kier molecular flexibility index (Phi) is 10.7. The first-order valence-electron chi connectivity index (χ1n) is 8.29. The largest absolute Gasteiger partial charge is 0.546 e. The van der Waals surface area contributed by atoms with E-state index in [2.05, 4.69) is 35.8 Å². The molecular formula is C20H25O3Y-. The third kappa shape index (κ3) is 6.41. The number of aryl methyl sites for hydroxylation is 1. The Morgan fingerprint density at radius 3 is 2.58 bits per heavy atom. The molecule has 0 unspecified atom stereocenters. The van der Waals surface area contributed by atoms with Crippen LogP contribution in [0.1, 0.15) is 36.8 Å². The smallest absolute Gasteiger partial charge is 0.136 e. The van der Waals surface area contributed by atoms with Gasteiger partial charge in [0.05, 0.1) is 6.61 Å². The van der Waals surface area contributed by atoms with Crippen molar-refractivity contribution >= 4 is 5.78 Å². The number of carbonyl (C=O) groups excluding carboxylic acids is 1. The van der Waals surface area contributed by atoms with E-state index >= 15 is 0 Å². The van der Waals surface area contributed by atoms with Crippen LogP contribution in [0.2, 0.25) is 0 Å². The number of Topliss-reactive ketones (excluding diaryl/α,β-unsaturated/α-hetero) is 1. The second kappa shape index (κ2) is 11.9. The van der Waals surface area contributed by atoms with Crippen molar-refractivity contribution in [3.63, 3.8) is 0 Å². The van der Waals surface area contributed by atoms with Gasteiger partial charge < -0.3 is 9.84 Å². The van der Waals surface area contributed by atoms with E-state index in [1.807, 2.05) is 12.1 Å². The number of aliphatic hydroxyl groups excluding tert-OH is 1. The summed E-state index contributed by atoms with van der Waals surface area (Å²) in [6, 6.07) is 8.18. The van der Waals surface area contributed by atoms with E-state index in [1.165, 1.54) is 11.1 Å². The fourth-order valence-corrected chi connectivity index (χ4v) is 3.40. The van der Waals surface area contributed by atoms with Crippen LogP contribution in [-0.2, 0) is 55.1 Å². The van der Waals surface area contributed by atoms with Gasteiger partial charge in [0.25, 0.3) is 0 Å². The molecule has 1 aromatic rings. The van der Waals surface area contributed by atoms with Crippen LogP contribution >= 0.6 is 0 Å². The second-order valence-electron chi connectivity index (χ2n) is 6.06. The van der Waals surface area contributed by atoms with E-state index in [0.717, 1.165) is 25.7 Å². The Labute approximate surface area is 170 Å². The maximum atomic E-state index is 12.2. The molecule has 24 heavy (non-hydrogen) atoms. The van der Waals surface area contributed by atoms with Crippen LogP contribution in [0.4, 0.5) is 0 Å². The first-order valence-corrected chi connectivity index (χ1v) is 8.29. The molecular weight excluding hydrogens is 377 g/mol. The molecule has 1 aliphatic rings. The molecule has 2 rings (SSSR count). The number of carbonyl (C=O) groups is 1. The summed E-state index contributed by atoms with van der Waals surface area (Å²) in [7, 11) is 3.29. The van der Waals surface area contributed by atoms with Gasteiger partial charge in [-0.05, 0) is 42.7 Å². The SMILES string of the molecule is [CH2-]OCC#CC[C@H]1CCC(=O)[C@@H]1CCc1ccccc1CCO.[Y]. The average Bonchev–Trinajstić information content (AvgIpc) is 2.91. The van der Waals surface area contributed by atoms with Gasteiger partial charge in [0.15, 0.2) is 0 Å². The van der Waals surface area contributed by atoms with E-state index in [1.54, 1.807) is 0 Å². The molecule has 0 amide bonds. The molecule has 127 valence electrons. The molecule has 4 heteroatoms. The predicted octanol–water partition coefficient (Wildman–Crippen LogP) is 2.95. The fraction of sp³-hybridized carbons (Fsp3) is 0.500. The molecule has 1 N–H and O–H groups in total. The second-order valence-corrected chi connectivity index (χ2v) is 6.06. The quantitative estimate of drug-likeness (QED) is 0.564. The van der Waals surface area contributed by atoms with Gasteiger partial charge in [0, 0.05) is 58.1 Å². The summed E-state index contributed by atoms with van der Waals surface area (Å²) < 4.78 is 4.69. The van der Waals surface area contributed by atoms with Gasteiger partial charge in [-0.1, -0.05) is 30.2 Å². The van der Waals surface area contributed by atoms with Crippen molar-refractivity contribution in [2.45, 2.75) is 38.5 Å². The summed E-state index contributed by atoms with van der Waals surface area (Å²) in [4.78, 5) is 12.2. The Balaban J connectivity index is 0.00000288. The van der Waals surface area contributed by atoms with E-state index in [9.17, 15) is 4.79 Å². The molecule has 1 fully saturated rings. The maximum absolute atomic E-state index is 12.2. The number of aliphatic hydroxyl groups is 1. The van der Waals surface area contributed by atoms with Crippen molar-refractivity contribution in [3.05, 3.63) is 42.5 Å². The molecule has 0 heterocycles. The van der Waals surface area contributed by atoms with Crippen LogP contribution in [-0.4, -0.2) is 24.1 Å². The summed E-state index contributed by atoms with van der Waals surface area (Å²) in [5.41, 5.74) is 2.43. The van der Waals surface area contributed by atoms with Crippen LogP contribution < -0.4 is 0 Å². The van der Waals surface area contributed by atoms with Crippen molar-refractivity contribution < 1.29 is 47.3 Å². The molecule has 1 aromatic carbocycles. The van der Waals surface area contributed by atoms with E-state index in [0.29, 0.717) is 31.1 Å².